The molecule has 1 aromatic carbocycles. The summed E-state index contributed by atoms with van der Waals surface area (Å²) in [6.45, 7) is 0. The van der Waals surface area contributed by atoms with Crippen LogP contribution in [-0.2, 0) is 11.2 Å². The van der Waals surface area contributed by atoms with Gasteiger partial charge in [-0.25, -0.2) is 9.37 Å². The third-order valence-corrected chi connectivity index (χ3v) is 3.96. The van der Waals surface area contributed by atoms with E-state index in [1.165, 1.54) is 29.7 Å². The van der Waals surface area contributed by atoms with Crippen molar-refractivity contribution in [2.24, 2.45) is 0 Å². The van der Waals surface area contributed by atoms with Crippen molar-refractivity contribution in [1.29, 1.82) is 0 Å². The Morgan fingerprint density at radius 3 is 2.96 bits per heavy atom. The molecule has 3 aromatic rings. The molecule has 1 amide bonds. The molecule has 0 fully saturated rings. The molecule has 0 unspecified atom stereocenters. The third kappa shape index (κ3) is 4.14. The summed E-state index contributed by atoms with van der Waals surface area (Å²) in [5, 5.41) is 3.15. The number of aromatic nitrogens is 1. The Morgan fingerprint density at radius 1 is 1.30 bits per heavy atom. The van der Waals surface area contributed by atoms with Crippen LogP contribution in [0.5, 0.6) is 0 Å². The maximum atomic E-state index is 13.6. The number of carbonyl (C=O) groups excluding carboxylic acids is 1. The zero-order chi connectivity index (χ0) is 16.1. The van der Waals surface area contributed by atoms with Crippen LogP contribution in [0.2, 0.25) is 0 Å². The number of hydrogen-bond donors (Lipinski definition) is 1. The number of hydrogen-bond acceptors (Lipinski definition) is 4. The first-order valence-corrected chi connectivity index (χ1v) is 7.73. The number of carbonyl (C=O) groups is 1. The lowest BCUT2D eigenvalue weighted by atomic mass is 10.1. The lowest BCUT2D eigenvalue weighted by molar-refractivity contribution is -0.111. The number of rotatable bonds is 5. The van der Waals surface area contributed by atoms with Crippen molar-refractivity contribution in [2.45, 2.75) is 6.42 Å². The van der Waals surface area contributed by atoms with Crippen molar-refractivity contribution in [3.63, 3.8) is 0 Å². The minimum Gasteiger partial charge on any atom is -0.465 e. The number of amides is 1. The number of furan rings is 1. The fourth-order valence-corrected chi connectivity index (χ4v) is 2.81. The zero-order valence-electron chi connectivity index (χ0n) is 12.0. The molecular formula is C17H13FN2O2S. The summed E-state index contributed by atoms with van der Waals surface area (Å²) in [6.07, 6.45) is 6.57. The number of nitrogens with one attached hydrogen (secondary N) is 1. The van der Waals surface area contributed by atoms with Crippen molar-refractivity contribution in [3.05, 3.63) is 77.0 Å². The molecule has 116 valence electrons. The molecule has 0 aliphatic rings. The molecule has 1 N–H and O–H groups in total. The van der Waals surface area contributed by atoms with Gasteiger partial charge < -0.3 is 4.42 Å². The van der Waals surface area contributed by atoms with E-state index in [0.717, 1.165) is 4.88 Å². The summed E-state index contributed by atoms with van der Waals surface area (Å²) in [4.78, 5) is 16.8. The molecular weight excluding hydrogens is 315 g/mol. The van der Waals surface area contributed by atoms with Crippen LogP contribution in [0, 0.1) is 5.82 Å². The molecule has 0 aliphatic carbocycles. The fourth-order valence-electron chi connectivity index (χ4n) is 1.97. The van der Waals surface area contributed by atoms with Crippen molar-refractivity contribution < 1.29 is 13.6 Å². The second kappa shape index (κ2) is 7.02. The fraction of sp³-hybridized carbons (Fsp3) is 0.0588. The number of halogens is 1. The van der Waals surface area contributed by atoms with Gasteiger partial charge in [0.2, 0.25) is 5.91 Å². The van der Waals surface area contributed by atoms with Crippen molar-refractivity contribution in [1.82, 2.24) is 4.98 Å². The molecule has 0 bridgehead atoms. The summed E-state index contributed by atoms with van der Waals surface area (Å²) in [5.74, 6) is 0.0561. The minimum absolute atomic E-state index is 0.243. The molecule has 0 spiro atoms. The van der Waals surface area contributed by atoms with Crippen molar-refractivity contribution in [3.8, 4) is 0 Å². The van der Waals surface area contributed by atoms with Gasteiger partial charge in [-0.3, -0.25) is 10.1 Å². The lowest BCUT2D eigenvalue weighted by Crippen LogP contribution is -2.06. The summed E-state index contributed by atoms with van der Waals surface area (Å²) >= 11 is 1.32. The Labute approximate surface area is 136 Å². The molecule has 0 atom stereocenters. The maximum absolute atomic E-state index is 13.6. The quantitative estimate of drug-likeness (QED) is 0.717. The monoisotopic (exact) mass is 328 g/mol. The Balaban J connectivity index is 1.61. The number of nitrogens with zero attached hydrogens (tertiary/aromatic N) is 1. The van der Waals surface area contributed by atoms with Gasteiger partial charge in [0, 0.05) is 23.6 Å². The molecule has 3 rings (SSSR count). The largest absolute Gasteiger partial charge is 0.465 e. The van der Waals surface area contributed by atoms with E-state index in [2.05, 4.69) is 10.3 Å². The van der Waals surface area contributed by atoms with Crippen molar-refractivity contribution >= 4 is 28.5 Å². The molecule has 23 heavy (non-hydrogen) atoms. The van der Waals surface area contributed by atoms with E-state index in [1.807, 2.05) is 0 Å². The SMILES string of the molecule is O=C(/C=C/c1ccco1)Nc1ncc(Cc2ccccc2F)s1. The Kier molecular flexibility index (Phi) is 4.63. The topological polar surface area (TPSA) is 55.1 Å². The summed E-state index contributed by atoms with van der Waals surface area (Å²) < 4.78 is 18.7. The Hall–Kier alpha value is -2.73. The van der Waals surface area contributed by atoms with Crippen LogP contribution in [0.3, 0.4) is 0 Å². The van der Waals surface area contributed by atoms with Gasteiger partial charge in [-0.15, -0.1) is 11.3 Å². The zero-order valence-corrected chi connectivity index (χ0v) is 12.8. The standard InChI is InChI=1S/C17H13FN2O2S/c18-15-6-2-1-4-12(15)10-14-11-19-17(23-14)20-16(21)8-7-13-5-3-9-22-13/h1-9,11H,10H2,(H,19,20,21)/b8-7+. The molecule has 0 radical (unpaired) electrons. The van der Waals surface area contributed by atoms with Gasteiger partial charge in [0.05, 0.1) is 6.26 Å². The van der Waals surface area contributed by atoms with Crippen LogP contribution < -0.4 is 5.32 Å². The van der Waals surface area contributed by atoms with Crippen molar-refractivity contribution in [2.75, 3.05) is 5.32 Å². The highest BCUT2D eigenvalue weighted by atomic mass is 32.1. The van der Waals surface area contributed by atoms with Crippen LogP contribution in [0.25, 0.3) is 6.08 Å². The molecule has 2 heterocycles. The van der Waals surface area contributed by atoms with Gasteiger partial charge in [-0.1, -0.05) is 18.2 Å². The summed E-state index contributed by atoms with van der Waals surface area (Å²) in [6, 6.07) is 10.1. The van der Waals surface area contributed by atoms with E-state index in [9.17, 15) is 9.18 Å². The number of thiazole rings is 1. The van der Waals surface area contributed by atoms with Crippen LogP contribution in [-0.4, -0.2) is 10.9 Å². The van der Waals surface area contributed by atoms with E-state index in [1.54, 1.807) is 42.6 Å². The van der Waals surface area contributed by atoms with E-state index in [-0.39, 0.29) is 11.7 Å². The van der Waals surface area contributed by atoms with Gasteiger partial charge in [-0.05, 0) is 29.8 Å². The van der Waals surface area contributed by atoms with Crippen LogP contribution in [0.15, 0.2) is 59.4 Å². The predicted octanol–water partition coefficient (Wildman–Crippen LogP) is 4.12. The average molecular weight is 328 g/mol. The summed E-state index contributed by atoms with van der Waals surface area (Å²) in [5.41, 5.74) is 0.603. The Bertz CT molecular complexity index is 825. The third-order valence-electron chi connectivity index (χ3n) is 3.05. The van der Waals surface area contributed by atoms with Crippen LogP contribution in [0.1, 0.15) is 16.2 Å². The van der Waals surface area contributed by atoms with E-state index in [4.69, 9.17) is 4.42 Å². The van der Waals surface area contributed by atoms with E-state index < -0.39 is 0 Å². The molecule has 0 aliphatic heterocycles. The number of anilines is 1. The number of benzene rings is 1. The maximum Gasteiger partial charge on any atom is 0.250 e. The highest BCUT2D eigenvalue weighted by molar-refractivity contribution is 7.15. The first kappa shape index (κ1) is 15.2. The molecule has 4 nitrogen and oxygen atoms in total. The first-order chi connectivity index (χ1) is 11.2. The molecule has 0 saturated carbocycles. The van der Waals surface area contributed by atoms with Gasteiger partial charge >= 0.3 is 0 Å². The molecule has 6 heteroatoms. The van der Waals surface area contributed by atoms with Gasteiger partial charge in [0.1, 0.15) is 11.6 Å². The second-order valence-electron chi connectivity index (χ2n) is 4.74. The highest BCUT2D eigenvalue weighted by Crippen LogP contribution is 2.22. The minimum atomic E-state index is -0.298. The van der Waals surface area contributed by atoms with Gasteiger partial charge in [0.25, 0.3) is 0 Å². The lowest BCUT2D eigenvalue weighted by Gasteiger charge is -1.99. The van der Waals surface area contributed by atoms with E-state index in [0.29, 0.717) is 22.9 Å². The summed E-state index contributed by atoms with van der Waals surface area (Å²) in [7, 11) is 0. The molecule has 0 saturated heterocycles. The second-order valence-corrected chi connectivity index (χ2v) is 5.85. The van der Waals surface area contributed by atoms with Crippen LogP contribution >= 0.6 is 11.3 Å². The van der Waals surface area contributed by atoms with Crippen LogP contribution in [0.4, 0.5) is 9.52 Å². The predicted molar refractivity (Wildman–Crippen MR) is 87.7 cm³/mol. The van der Waals surface area contributed by atoms with Gasteiger partial charge in [0.15, 0.2) is 5.13 Å². The van der Waals surface area contributed by atoms with E-state index >= 15 is 0 Å². The average Bonchev–Trinajstić information content (AvgIpc) is 3.19. The smallest absolute Gasteiger partial charge is 0.250 e. The molecule has 2 aromatic heterocycles. The normalized spacial score (nSPS) is 11.0. The highest BCUT2D eigenvalue weighted by Gasteiger charge is 2.07. The van der Waals surface area contributed by atoms with Gasteiger partial charge in [-0.2, -0.15) is 0 Å². The Morgan fingerprint density at radius 2 is 2.17 bits per heavy atom. The first-order valence-electron chi connectivity index (χ1n) is 6.91.